The maximum Gasteiger partial charge on any atom is 0.0593 e. The molecule has 5 heteroatoms. The van der Waals surface area contributed by atoms with Gasteiger partial charge >= 0.3 is 0 Å². The van der Waals surface area contributed by atoms with Crippen LogP contribution in [0.1, 0.15) is 20.3 Å². The minimum atomic E-state index is 0.186. The van der Waals surface area contributed by atoms with Crippen LogP contribution < -0.4 is 5.73 Å². The molecule has 0 spiro atoms. The fourth-order valence-electron chi connectivity index (χ4n) is 2.31. The molecule has 2 unspecified atom stereocenters. The Morgan fingerprint density at radius 2 is 1.84 bits per heavy atom. The predicted molar refractivity (Wildman–Crippen MR) is 76.3 cm³/mol. The van der Waals surface area contributed by atoms with Gasteiger partial charge in [0.25, 0.3) is 0 Å². The summed E-state index contributed by atoms with van der Waals surface area (Å²) in [5.74, 6) is 0.502. The third kappa shape index (κ3) is 7.22. The summed E-state index contributed by atoms with van der Waals surface area (Å²) in [6.45, 7) is 11.5. The molecule has 0 radical (unpaired) electrons. The van der Waals surface area contributed by atoms with Crippen LogP contribution in [0.4, 0.5) is 0 Å². The molecule has 0 aromatic carbocycles. The Morgan fingerprint density at radius 1 is 1.21 bits per heavy atom. The van der Waals surface area contributed by atoms with E-state index in [4.69, 9.17) is 19.9 Å². The van der Waals surface area contributed by atoms with Crippen molar-refractivity contribution in [3.05, 3.63) is 0 Å². The van der Waals surface area contributed by atoms with Gasteiger partial charge in [-0.3, -0.25) is 4.90 Å². The highest BCUT2D eigenvalue weighted by Crippen LogP contribution is 2.16. The molecule has 19 heavy (non-hydrogen) atoms. The van der Waals surface area contributed by atoms with Gasteiger partial charge in [0.2, 0.25) is 0 Å². The van der Waals surface area contributed by atoms with E-state index in [0.717, 1.165) is 65.7 Å². The Balaban J connectivity index is 2.28. The summed E-state index contributed by atoms with van der Waals surface area (Å²) in [6, 6.07) is 0.186. The van der Waals surface area contributed by atoms with Crippen molar-refractivity contribution >= 4 is 0 Å². The highest BCUT2D eigenvalue weighted by molar-refractivity contribution is 4.79. The largest absolute Gasteiger partial charge is 0.381 e. The third-order valence-electron chi connectivity index (χ3n) is 3.55. The van der Waals surface area contributed by atoms with Crippen LogP contribution >= 0.6 is 0 Å². The summed E-state index contributed by atoms with van der Waals surface area (Å²) in [5, 5.41) is 0. The molecule has 1 heterocycles. The number of ether oxygens (including phenoxy) is 3. The molecule has 1 fully saturated rings. The van der Waals surface area contributed by atoms with E-state index in [9.17, 15) is 0 Å². The fraction of sp³-hybridized carbons (Fsp3) is 1.00. The van der Waals surface area contributed by atoms with E-state index in [1.54, 1.807) is 0 Å². The Morgan fingerprint density at radius 3 is 2.32 bits per heavy atom. The summed E-state index contributed by atoms with van der Waals surface area (Å²) >= 11 is 0. The highest BCUT2D eigenvalue weighted by atomic mass is 16.5. The molecular weight excluding hydrogens is 244 g/mol. The smallest absolute Gasteiger partial charge is 0.0593 e. The van der Waals surface area contributed by atoms with Crippen LogP contribution in [0.2, 0.25) is 0 Å². The molecule has 1 rings (SSSR count). The van der Waals surface area contributed by atoms with Gasteiger partial charge in [-0.2, -0.15) is 0 Å². The van der Waals surface area contributed by atoms with Crippen LogP contribution in [0.15, 0.2) is 0 Å². The molecule has 0 saturated carbocycles. The average molecular weight is 274 g/mol. The number of nitrogens with two attached hydrogens (primary N) is 1. The van der Waals surface area contributed by atoms with Crippen molar-refractivity contribution in [3.8, 4) is 0 Å². The zero-order chi connectivity index (χ0) is 13.9. The minimum absolute atomic E-state index is 0.186. The quantitative estimate of drug-likeness (QED) is 0.563. The van der Waals surface area contributed by atoms with Crippen molar-refractivity contribution in [2.75, 3.05) is 59.3 Å². The monoisotopic (exact) mass is 274 g/mol. The van der Waals surface area contributed by atoms with Crippen LogP contribution in [0.3, 0.4) is 0 Å². The SMILES string of the molecule is CCOCCN(CCOCC)CC(N)C1CCOC1. The lowest BCUT2D eigenvalue weighted by atomic mass is 9.99. The van der Waals surface area contributed by atoms with Gasteiger partial charge in [-0.25, -0.2) is 0 Å². The van der Waals surface area contributed by atoms with Crippen molar-refractivity contribution in [1.82, 2.24) is 4.90 Å². The van der Waals surface area contributed by atoms with Crippen molar-refractivity contribution in [2.24, 2.45) is 11.7 Å². The number of rotatable bonds is 11. The maximum absolute atomic E-state index is 6.29. The fourth-order valence-corrected chi connectivity index (χ4v) is 2.31. The van der Waals surface area contributed by atoms with Crippen LogP contribution in [0, 0.1) is 5.92 Å². The van der Waals surface area contributed by atoms with Crippen LogP contribution in [0.25, 0.3) is 0 Å². The lowest BCUT2D eigenvalue weighted by Gasteiger charge is -2.27. The molecule has 114 valence electrons. The van der Waals surface area contributed by atoms with E-state index in [0.29, 0.717) is 5.92 Å². The first-order chi connectivity index (χ1) is 9.27. The van der Waals surface area contributed by atoms with Crippen molar-refractivity contribution in [3.63, 3.8) is 0 Å². The van der Waals surface area contributed by atoms with Gasteiger partial charge in [0, 0.05) is 51.4 Å². The van der Waals surface area contributed by atoms with E-state index in [-0.39, 0.29) is 6.04 Å². The second kappa shape index (κ2) is 10.6. The summed E-state index contributed by atoms with van der Waals surface area (Å²) in [4.78, 5) is 2.34. The van der Waals surface area contributed by atoms with Crippen molar-refractivity contribution in [1.29, 1.82) is 0 Å². The van der Waals surface area contributed by atoms with E-state index in [1.165, 1.54) is 0 Å². The molecule has 0 bridgehead atoms. The molecule has 0 aromatic heterocycles. The topological polar surface area (TPSA) is 57.0 Å². The Kier molecular flexibility index (Phi) is 9.38. The summed E-state index contributed by atoms with van der Waals surface area (Å²) in [7, 11) is 0. The highest BCUT2D eigenvalue weighted by Gasteiger charge is 2.24. The third-order valence-corrected chi connectivity index (χ3v) is 3.55. The first kappa shape index (κ1) is 16.9. The molecule has 2 atom stereocenters. The van der Waals surface area contributed by atoms with Crippen molar-refractivity contribution < 1.29 is 14.2 Å². The van der Waals surface area contributed by atoms with Gasteiger partial charge < -0.3 is 19.9 Å². The molecule has 0 amide bonds. The average Bonchev–Trinajstić information content (AvgIpc) is 2.93. The molecular formula is C14H30N2O3. The van der Waals surface area contributed by atoms with E-state index >= 15 is 0 Å². The van der Waals surface area contributed by atoms with Gasteiger partial charge in [-0.15, -0.1) is 0 Å². The maximum atomic E-state index is 6.29. The van der Waals surface area contributed by atoms with Crippen LogP contribution in [-0.4, -0.2) is 70.2 Å². The predicted octanol–water partition coefficient (Wildman–Crippen LogP) is 0.725. The summed E-state index contributed by atoms with van der Waals surface area (Å²) < 4.78 is 16.3. The minimum Gasteiger partial charge on any atom is -0.381 e. The molecule has 0 aromatic rings. The molecule has 2 N–H and O–H groups in total. The van der Waals surface area contributed by atoms with E-state index in [2.05, 4.69) is 4.90 Å². The molecule has 1 aliphatic rings. The Hall–Kier alpha value is -0.200. The lowest BCUT2D eigenvalue weighted by Crippen LogP contribution is -2.44. The van der Waals surface area contributed by atoms with Gasteiger partial charge in [0.05, 0.1) is 19.8 Å². The van der Waals surface area contributed by atoms with Crippen molar-refractivity contribution in [2.45, 2.75) is 26.3 Å². The molecule has 1 saturated heterocycles. The Labute approximate surface area is 117 Å². The second-order valence-electron chi connectivity index (χ2n) is 4.98. The summed E-state index contributed by atoms with van der Waals surface area (Å²) in [5.41, 5.74) is 6.29. The van der Waals surface area contributed by atoms with E-state index in [1.807, 2.05) is 13.8 Å². The van der Waals surface area contributed by atoms with Gasteiger partial charge in [-0.05, 0) is 20.3 Å². The first-order valence-corrected chi connectivity index (χ1v) is 7.49. The number of nitrogens with zero attached hydrogens (tertiary/aromatic N) is 1. The zero-order valence-corrected chi connectivity index (χ0v) is 12.5. The number of hydrogen-bond donors (Lipinski definition) is 1. The Bertz CT molecular complexity index is 201. The van der Waals surface area contributed by atoms with Crippen LogP contribution in [0.5, 0.6) is 0 Å². The lowest BCUT2D eigenvalue weighted by molar-refractivity contribution is 0.0763. The van der Waals surface area contributed by atoms with Crippen LogP contribution in [-0.2, 0) is 14.2 Å². The molecule has 1 aliphatic heterocycles. The normalized spacial score (nSPS) is 21.2. The molecule has 0 aliphatic carbocycles. The summed E-state index contributed by atoms with van der Waals surface area (Å²) in [6.07, 6.45) is 1.09. The standard InChI is InChI=1S/C14H30N2O3/c1-3-17-9-6-16(7-10-18-4-2)11-14(15)13-5-8-19-12-13/h13-14H,3-12,15H2,1-2H3. The second-order valence-corrected chi connectivity index (χ2v) is 4.98. The van der Waals surface area contributed by atoms with E-state index < -0.39 is 0 Å². The van der Waals surface area contributed by atoms with Gasteiger partial charge in [0.15, 0.2) is 0 Å². The van der Waals surface area contributed by atoms with Gasteiger partial charge in [0.1, 0.15) is 0 Å². The first-order valence-electron chi connectivity index (χ1n) is 7.49. The van der Waals surface area contributed by atoms with Gasteiger partial charge in [-0.1, -0.05) is 0 Å². The molecule has 5 nitrogen and oxygen atoms in total. The number of hydrogen-bond acceptors (Lipinski definition) is 5. The zero-order valence-electron chi connectivity index (χ0n) is 12.5.